The predicted molar refractivity (Wildman–Crippen MR) is 86.7 cm³/mol. The van der Waals surface area contributed by atoms with Crippen LogP contribution in [0.15, 0.2) is 36.5 Å². The molecule has 2 aromatic rings. The zero-order valence-corrected chi connectivity index (χ0v) is 13.2. The summed E-state index contributed by atoms with van der Waals surface area (Å²) in [5, 5.41) is 0.615. The van der Waals surface area contributed by atoms with Crippen LogP contribution < -0.4 is 10.5 Å². The van der Waals surface area contributed by atoms with Crippen molar-refractivity contribution in [3.8, 4) is 5.75 Å². The van der Waals surface area contributed by atoms with Gasteiger partial charge in [0.1, 0.15) is 12.4 Å². The fraction of sp³-hybridized carbons (Fsp3) is 0.353. The number of pyridine rings is 1. The summed E-state index contributed by atoms with van der Waals surface area (Å²) < 4.78 is 5.76. The van der Waals surface area contributed by atoms with Gasteiger partial charge in [-0.3, -0.25) is 4.98 Å². The first-order valence-corrected chi connectivity index (χ1v) is 7.55. The van der Waals surface area contributed by atoms with E-state index in [1.54, 1.807) is 6.20 Å². The monoisotopic (exact) mass is 304 g/mol. The first kappa shape index (κ1) is 15.8. The molecule has 0 spiro atoms. The quantitative estimate of drug-likeness (QED) is 0.880. The van der Waals surface area contributed by atoms with Crippen molar-refractivity contribution in [2.45, 2.75) is 39.3 Å². The molecule has 112 valence electrons. The van der Waals surface area contributed by atoms with Gasteiger partial charge < -0.3 is 10.5 Å². The average molecular weight is 305 g/mol. The topological polar surface area (TPSA) is 48.1 Å². The number of rotatable bonds is 6. The third-order valence-corrected chi connectivity index (χ3v) is 3.80. The summed E-state index contributed by atoms with van der Waals surface area (Å²) >= 11 is 6.28. The molecular weight excluding hydrogens is 284 g/mol. The lowest BCUT2D eigenvalue weighted by Crippen LogP contribution is -2.21. The summed E-state index contributed by atoms with van der Waals surface area (Å²) in [6, 6.07) is 9.95. The molecule has 0 saturated heterocycles. The Hall–Kier alpha value is -1.58. The number of halogens is 1. The maximum Gasteiger partial charge on any atom is 0.138 e. The van der Waals surface area contributed by atoms with Crippen LogP contribution in [-0.4, -0.2) is 11.0 Å². The van der Waals surface area contributed by atoms with Crippen molar-refractivity contribution in [3.05, 3.63) is 58.4 Å². The van der Waals surface area contributed by atoms with E-state index in [1.807, 2.05) is 37.3 Å². The molecule has 1 atom stereocenters. The van der Waals surface area contributed by atoms with Gasteiger partial charge in [0, 0.05) is 12.2 Å². The molecule has 0 bridgehead atoms. The fourth-order valence-electron chi connectivity index (χ4n) is 2.05. The van der Waals surface area contributed by atoms with Crippen LogP contribution in [0.2, 0.25) is 5.02 Å². The Bertz CT molecular complexity index is 601. The standard InChI is InChI=1S/C17H21ClN2O/c1-3-14(19)9-13-6-7-17(15(18)10-13)21-11-16-12(2)5-4-8-20-16/h4-8,10,14H,3,9,11,19H2,1-2H3. The van der Waals surface area contributed by atoms with Crippen molar-refractivity contribution in [3.63, 3.8) is 0 Å². The molecule has 0 radical (unpaired) electrons. The molecule has 0 aliphatic rings. The van der Waals surface area contributed by atoms with E-state index in [0.29, 0.717) is 17.4 Å². The number of hydrogen-bond acceptors (Lipinski definition) is 3. The summed E-state index contributed by atoms with van der Waals surface area (Å²) in [5.74, 6) is 0.676. The number of benzene rings is 1. The minimum atomic E-state index is 0.170. The molecule has 4 heteroatoms. The lowest BCUT2D eigenvalue weighted by molar-refractivity contribution is 0.300. The van der Waals surface area contributed by atoms with E-state index in [9.17, 15) is 0 Å². The predicted octanol–water partition coefficient (Wildman–Crippen LogP) is 3.90. The molecule has 2 rings (SSSR count). The first-order valence-electron chi connectivity index (χ1n) is 7.17. The van der Waals surface area contributed by atoms with Crippen LogP contribution in [0.25, 0.3) is 0 Å². The largest absolute Gasteiger partial charge is 0.486 e. The zero-order valence-electron chi connectivity index (χ0n) is 12.5. The van der Waals surface area contributed by atoms with Gasteiger partial charge >= 0.3 is 0 Å². The fourth-order valence-corrected chi connectivity index (χ4v) is 2.31. The number of ether oxygens (including phenoxy) is 1. The highest BCUT2D eigenvalue weighted by Gasteiger charge is 2.07. The maximum absolute atomic E-state index is 6.28. The summed E-state index contributed by atoms with van der Waals surface area (Å²) in [6.45, 7) is 4.52. The van der Waals surface area contributed by atoms with Crippen LogP contribution >= 0.6 is 11.6 Å². The van der Waals surface area contributed by atoms with Gasteiger partial charge in [0.25, 0.3) is 0 Å². The van der Waals surface area contributed by atoms with E-state index >= 15 is 0 Å². The smallest absolute Gasteiger partial charge is 0.138 e. The molecule has 21 heavy (non-hydrogen) atoms. The van der Waals surface area contributed by atoms with Gasteiger partial charge in [0.05, 0.1) is 10.7 Å². The van der Waals surface area contributed by atoms with E-state index < -0.39 is 0 Å². The first-order chi connectivity index (χ1) is 10.1. The summed E-state index contributed by atoms with van der Waals surface area (Å²) in [4.78, 5) is 4.31. The molecule has 0 saturated carbocycles. The minimum Gasteiger partial charge on any atom is -0.486 e. The van der Waals surface area contributed by atoms with Crippen molar-refractivity contribution >= 4 is 11.6 Å². The van der Waals surface area contributed by atoms with Gasteiger partial charge in [0.15, 0.2) is 0 Å². The van der Waals surface area contributed by atoms with Crippen molar-refractivity contribution in [2.75, 3.05) is 0 Å². The number of aryl methyl sites for hydroxylation is 1. The third kappa shape index (κ3) is 4.45. The highest BCUT2D eigenvalue weighted by molar-refractivity contribution is 6.32. The molecule has 0 fully saturated rings. The second-order valence-electron chi connectivity index (χ2n) is 5.19. The van der Waals surface area contributed by atoms with Gasteiger partial charge in [-0.15, -0.1) is 0 Å². The van der Waals surface area contributed by atoms with E-state index in [-0.39, 0.29) is 6.04 Å². The lowest BCUT2D eigenvalue weighted by atomic mass is 10.0. The van der Waals surface area contributed by atoms with Crippen molar-refractivity contribution in [1.82, 2.24) is 4.98 Å². The molecule has 1 aromatic heterocycles. The van der Waals surface area contributed by atoms with Gasteiger partial charge in [-0.1, -0.05) is 30.7 Å². The lowest BCUT2D eigenvalue weighted by Gasteiger charge is -2.12. The second kappa shape index (κ2) is 7.43. The van der Waals surface area contributed by atoms with Crippen LogP contribution in [0.3, 0.4) is 0 Å². The van der Waals surface area contributed by atoms with E-state index in [1.165, 1.54) is 0 Å². The number of nitrogens with zero attached hydrogens (tertiary/aromatic N) is 1. The van der Waals surface area contributed by atoms with Crippen molar-refractivity contribution in [2.24, 2.45) is 5.73 Å². The van der Waals surface area contributed by atoms with Gasteiger partial charge in [-0.2, -0.15) is 0 Å². The highest BCUT2D eigenvalue weighted by atomic mass is 35.5. The summed E-state index contributed by atoms with van der Waals surface area (Å²) in [6.07, 6.45) is 3.55. The summed E-state index contributed by atoms with van der Waals surface area (Å²) in [7, 11) is 0. The molecular formula is C17H21ClN2O. The van der Waals surface area contributed by atoms with Gasteiger partial charge in [0.2, 0.25) is 0 Å². The summed E-state index contributed by atoms with van der Waals surface area (Å²) in [5.41, 5.74) is 9.13. The Morgan fingerprint density at radius 3 is 2.81 bits per heavy atom. The molecule has 0 aliphatic heterocycles. The van der Waals surface area contributed by atoms with Crippen LogP contribution in [0.5, 0.6) is 5.75 Å². The molecule has 2 N–H and O–H groups in total. The molecule has 1 aromatic carbocycles. The molecule has 0 amide bonds. The van der Waals surface area contributed by atoms with E-state index in [0.717, 1.165) is 29.7 Å². The SMILES string of the molecule is CCC(N)Cc1ccc(OCc2ncccc2C)c(Cl)c1. The number of nitrogens with two attached hydrogens (primary N) is 1. The van der Waals surface area contributed by atoms with Crippen molar-refractivity contribution < 1.29 is 4.74 Å². The molecule has 0 aliphatic carbocycles. The average Bonchev–Trinajstić information content (AvgIpc) is 2.48. The van der Waals surface area contributed by atoms with Gasteiger partial charge in [-0.05, 0) is 49.1 Å². The number of aromatic nitrogens is 1. The molecule has 1 unspecified atom stereocenters. The molecule has 1 heterocycles. The Morgan fingerprint density at radius 1 is 1.33 bits per heavy atom. The van der Waals surface area contributed by atoms with Crippen LogP contribution in [0, 0.1) is 6.92 Å². The van der Waals surface area contributed by atoms with E-state index in [2.05, 4.69) is 11.9 Å². The Balaban J connectivity index is 2.03. The van der Waals surface area contributed by atoms with Crippen LogP contribution in [0.1, 0.15) is 30.2 Å². The number of hydrogen-bond donors (Lipinski definition) is 1. The maximum atomic E-state index is 6.28. The van der Waals surface area contributed by atoms with Crippen molar-refractivity contribution in [1.29, 1.82) is 0 Å². The second-order valence-corrected chi connectivity index (χ2v) is 5.60. The third-order valence-electron chi connectivity index (χ3n) is 3.50. The highest BCUT2D eigenvalue weighted by Crippen LogP contribution is 2.27. The Morgan fingerprint density at radius 2 is 2.14 bits per heavy atom. The zero-order chi connectivity index (χ0) is 15.2. The van der Waals surface area contributed by atoms with E-state index in [4.69, 9.17) is 22.1 Å². The Kier molecular flexibility index (Phi) is 5.59. The minimum absolute atomic E-state index is 0.170. The Labute approximate surface area is 131 Å². The van der Waals surface area contributed by atoms with Gasteiger partial charge in [-0.25, -0.2) is 0 Å². The normalized spacial score (nSPS) is 12.2. The van der Waals surface area contributed by atoms with Crippen LogP contribution in [-0.2, 0) is 13.0 Å². The molecule has 3 nitrogen and oxygen atoms in total. The van der Waals surface area contributed by atoms with Crippen LogP contribution in [0.4, 0.5) is 0 Å².